The summed E-state index contributed by atoms with van der Waals surface area (Å²) in [7, 11) is -2.31. The fourth-order valence-electron chi connectivity index (χ4n) is 3.43. The minimum atomic E-state index is -3.65. The Morgan fingerprint density at radius 2 is 1.76 bits per heavy atom. The molecule has 11 heteroatoms. The molecule has 1 heterocycles. The molecule has 0 radical (unpaired) electrons. The number of carbonyl (C=O) groups excluding carboxylic acids is 2. The van der Waals surface area contributed by atoms with Crippen LogP contribution >= 0.6 is 0 Å². The first-order valence-electron chi connectivity index (χ1n) is 11.7. The monoisotopic (exact) mass is 535 g/mol. The number of ketones is 1. The molecule has 9 nitrogen and oxygen atoms in total. The van der Waals surface area contributed by atoms with Gasteiger partial charge in [0.05, 0.1) is 23.4 Å². The van der Waals surface area contributed by atoms with E-state index in [0.717, 1.165) is 16.6 Å². The number of carbonyl (C=O) groups is 2. The van der Waals surface area contributed by atoms with Gasteiger partial charge in [-0.3, -0.25) is 9.59 Å². The number of aliphatic hydroxyl groups is 1. The molecule has 37 heavy (non-hydrogen) atoms. The summed E-state index contributed by atoms with van der Waals surface area (Å²) < 4.78 is 44.0. The van der Waals surface area contributed by atoms with Gasteiger partial charge in [-0.1, -0.05) is 13.8 Å². The molecule has 2 aromatic rings. The van der Waals surface area contributed by atoms with E-state index in [1.807, 2.05) is 13.8 Å². The molecule has 0 saturated carbocycles. The maximum Gasteiger partial charge on any atom is 0.314 e. The van der Waals surface area contributed by atoms with Crippen molar-refractivity contribution in [3.63, 3.8) is 0 Å². The van der Waals surface area contributed by atoms with Gasteiger partial charge in [-0.15, -0.1) is 0 Å². The summed E-state index contributed by atoms with van der Waals surface area (Å²) in [6, 6.07) is 5.58. The van der Waals surface area contributed by atoms with Crippen LogP contribution < -0.4 is 4.31 Å². The second-order valence-electron chi connectivity index (χ2n) is 9.99. The number of benzene rings is 1. The minimum absolute atomic E-state index is 0.0264. The molecule has 1 aromatic heterocycles. The van der Waals surface area contributed by atoms with Gasteiger partial charge < -0.3 is 9.84 Å². The highest BCUT2D eigenvalue weighted by Gasteiger charge is 2.23. The van der Waals surface area contributed by atoms with Crippen molar-refractivity contribution < 1.29 is 32.2 Å². The highest BCUT2D eigenvalue weighted by molar-refractivity contribution is 7.92. The summed E-state index contributed by atoms with van der Waals surface area (Å²) in [5.74, 6) is -2.17. The highest BCUT2D eigenvalue weighted by Crippen LogP contribution is 2.32. The largest absolute Gasteiger partial charge is 0.512 e. The van der Waals surface area contributed by atoms with Crippen molar-refractivity contribution in [1.29, 1.82) is 0 Å². The molecule has 0 aliphatic heterocycles. The fraction of sp³-hybridized carbons (Fsp3) is 0.462. The van der Waals surface area contributed by atoms with E-state index in [1.54, 1.807) is 20.8 Å². The highest BCUT2D eigenvalue weighted by atomic mass is 32.2. The molecular formula is C26H34FN3O6S. The SMILES string of the molecule is CC(C)c1nc(N(C)S(C)(=O)=O)nc(-c2ccc(F)cc2)c1CCC(O)=CC(=O)CC(=O)OC(C)(C)C. The lowest BCUT2D eigenvalue weighted by molar-refractivity contribution is -0.155. The number of hydrogen-bond acceptors (Lipinski definition) is 8. The van der Waals surface area contributed by atoms with Gasteiger partial charge >= 0.3 is 5.97 Å². The quantitative estimate of drug-likeness (QED) is 0.204. The summed E-state index contributed by atoms with van der Waals surface area (Å²) in [6.07, 6.45) is 1.75. The number of halogens is 1. The molecule has 0 aliphatic rings. The number of anilines is 1. The predicted molar refractivity (Wildman–Crippen MR) is 139 cm³/mol. The lowest BCUT2D eigenvalue weighted by Crippen LogP contribution is -2.28. The Balaban J connectivity index is 2.44. The van der Waals surface area contributed by atoms with Gasteiger partial charge in [-0.05, 0) is 57.4 Å². The predicted octanol–water partition coefficient (Wildman–Crippen LogP) is 4.48. The van der Waals surface area contributed by atoms with Crippen LogP contribution in [0.15, 0.2) is 36.1 Å². The van der Waals surface area contributed by atoms with Crippen LogP contribution in [0, 0.1) is 5.82 Å². The van der Waals surface area contributed by atoms with Crippen molar-refractivity contribution >= 4 is 27.7 Å². The van der Waals surface area contributed by atoms with Gasteiger partial charge in [0.15, 0.2) is 5.78 Å². The zero-order valence-corrected chi connectivity index (χ0v) is 23.0. The summed E-state index contributed by atoms with van der Waals surface area (Å²) in [6.45, 7) is 8.83. The molecule has 2 rings (SSSR count). The average molecular weight is 536 g/mol. The number of hydrogen-bond donors (Lipinski definition) is 1. The van der Waals surface area contributed by atoms with Crippen LogP contribution in [0.25, 0.3) is 11.3 Å². The van der Waals surface area contributed by atoms with E-state index < -0.39 is 39.6 Å². The van der Waals surface area contributed by atoms with Crippen LogP contribution in [0.5, 0.6) is 0 Å². The molecule has 0 atom stereocenters. The zero-order chi connectivity index (χ0) is 28.1. The van der Waals surface area contributed by atoms with Crippen LogP contribution in [-0.2, 0) is 30.8 Å². The zero-order valence-electron chi connectivity index (χ0n) is 22.2. The van der Waals surface area contributed by atoms with E-state index in [-0.39, 0.29) is 30.5 Å². The van der Waals surface area contributed by atoms with Crippen molar-refractivity contribution in [2.45, 2.75) is 65.4 Å². The summed E-state index contributed by atoms with van der Waals surface area (Å²) in [5, 5.41) is 10.4. The lowest BCUT2D eigenvalue weighted by Gasteiger charge is -2.21. The number of ether oxygens (including phenoxy) is 1. The number of aromatic nitrogens is 2. The number of allylic oxidation sites excluding steroid dienone is 2. The third-order valence-corrected chi connectivity index (χ3v) is 6.33. The van der Waals surface area contributed by atoms with Crippen LogP contribution in [0.3, 0.4) is 0 Å². The first-order chi connectivity index (χ1) is 17.0. The summed E-state index contributed by atoms with van der Waals surface area (Å²) >= 11 is 0. The van der Waals surface area contributed by atoms with Gasteiger partial charge in [0.1, 0.15) is 17.8 Å². The molecule has 0 saturated heterocycles. The molecule has 202 valence electrons. The first kappa shape index (κ1) is 29.9. The van der Waals surface area contributed by atoms with Gasteiger partial charge in [0, 0.05) is 30.7 Å². The molecule has 1 aromatic carbocycles. The van der Waals surface area contributed by atoms with E-state index in [2.05, 4.69) is 9.97 Å². The van der Waals surface area contributed by atoms with Gasteiger partial charge in [-0.25, -0.2) is 27.1 Å². The summed E-state index contributed by atoms with van der Waals surface area (Å²) in [5.41, 5.74) is 1.36. The first-order valence-corrected chi connectivity index (χ1v) is 13.6. The molecule has 1 N–H and O–H groups in total. The van der Waals surface area contributed by atoms with E-state index in [9.17, 15) is 27.5 Å². The van der Waals surface area contributed by atoms with E-state index in [0.29, 0.717) is 22.5 Å². The second-order valence-corrected chi connectivity index (χ2v) is 12.0. The van der Waals surface area contributed by atoms with Crippen LogP contribution in [-0.4, -0.2) is 54.1 Å². The smallest absolute Gasteiger partial charge is 0.314 e. The third kappa shape index (κ3) is 8.92. The Hall–Kier alpha value is -3.34. The molecule has 0 unspecified atom stereocenters. The van der Waals surface area contributed by atoms with Crippen LogP contribution in [0.2, 0.25) is 0 Å². The van der Waals surface area contributed by atoms with Crippen molar-refractivity contribution in [2.24, 2.45) is 0 Å². The molecule has 0 spiro atoms. The number of sulfonamides is 1. The Labute approximate surface area is 217 Å². The Kier molecular flexibility index (Phi) is 9.54. The Morgan fingerprint density at radius 1 is 1.16 bits per heavy atom. The maximum atomic E-state index is 13.6. The standard InChI is InChI=1S/C26H34FN3O6S/c1-16(2)23-21(13-12-19(31)14-20(32)15-22(33)36-26(3,4)5)24(17-8-10-18(27)11-9-17)29-25(28-23)30(6)37(7,34)35/h8-11,14,16,31H,12-13,15H2,1-7H3. The van der Waals surface area contributed by atoms with E-state index in [1.165, 1.54) is 31.3 Å². The molecule has 0 bridgehead atoms. The number of rotatable bonds is 10. The topological polar surface area (TPSA) is 127 Å². The normalized spacial score (nSPS) is 12.5. The number of aliphatic hydroxyl groups excluding tert-OH is 1. The minimum Gasteiger partial charge on any atom is -0.512 e. The van der Waals surface area contributed by atoms with Crippen LogP contribution in [0.1, 0.15) is 64.6 Å². The summed E-state index contributed by atoms with van der Waals surface area (Å²) in [4.78, 5) is 33.1. The number of esters is 1. The van der Waals surface area contributed by atoms with Crippen molar-refractivity contribution in [1.82, 2.24) is 9.97 Å². The lowest BCUT2D eigenvalue weighted by atomic mass is 9.95. The Bertz CT molecular complexity index is 1280. The van der Waals surface area contributed by atoms with Crippen molar-refractivity contribution in [2.75, 3.05) is 17.6 Å². The Morgan fingerprint density at radius 3 is 2.27 bits per heavy atom. The molecule has 0 aliphatic carbocycles. The third-order valence-electron chi connectivity index (χ3n) is 5.17. The van der Waals surface area contributed by atoms with Crippen LogP contribution in [0.4, 0.5) is 10.3 Å². The molecule has 0 amide bonds. The van der Waals surface area contributed by atoms with E-state index in [4.69, 9.17) is 4.74 Å². The fourth-order valence-corrected chi connectivity index (χ4v) is 3.81. The van der Waals surface area contributed by atoms with Crippen molar-refractivity contribution in [3.05, 3.63) is 53.2 Å². The van der Waals surface area contributed by atoms with Gasteiger partial charge in [-0.2, -0.15) is 0 Å². The average Bonchev–Trinajstić information content (AvgIpc) is 2.75. The van der Waals surface area contributed by atoms with Crippen molar-refractivity contribution in [3.8, 4) is 11.3 Å². The molecular weight excluding hydrogens is 501 g/mol. The van der Waals surface area contributed by atoms with Gasteiger partial charge in [0.25, 0.3) is 0 Å². The van der Waals surface area contributed by atoms with Gasteiger partial charge in [0.2, 0.25) is 16.0 Å². The van der Waals surface area contributed by atoms with E-state index >= 15 is 0 Å². The second kappa shape index (κ2) is 11.8. The number of nitrogens with zero attached hydrogens (tertiary/aromatic N) is 3. The molecule has 0 fully saturated rings. The maximum absolute atomic E-state index is 13.6.